The summed E-state index contributed by atoms with van der Waals surface area (Å²) in [6, 6.07) is 1.84. The van der Waals surface area contributed by atoms with Gasteiger partial charge in [0.2, 0.25) is 11.9 Å². The van der Waals surface area contributed by atoms with Crippen LogP contribution in [0.4, 0.5) is 5.95 Å². The summed E-state index contributed by atoms with van der Waals surface area (Å²) in [5, 5.41) is 0. The molecule has 0 N–H and O–H groups in total. The fourth-order valence-corrected chi connectivity index (χ4v) is 4.34. The zero-order chi connectivity index (χ0) is 17.2. The minimum atomic E-state index is 0.289. The van der Waals surface area contributed by atoms with Gasteiger partial charge in [0.05, 0.1) is 13.2 Å². The number of nitrogens with zero attached hydrogens (tertiary/aromatic N) is 5. The van der Waals surface area contributed by atoms with Crippen LogP contribution in [0.2, 0.25) is 0 Å². The Morgan fingerprint density at radius 1 is 1.16 bits per heavy atom. The molecule has 25 heavy (non-hydrogen) atoms. The highest BCUT2D eigenvalue weighted by atomic mass is 16.5. The highest BCUT2D eigenvalue weighted by Gasteiger charge is 2.42. The van der Waals surface area contributed by atoms with Gasteiger partial charge in [0.1, 0.15) is 0 Å². The Morgan fingerprint density at radius 3 is 2.68 bits per heavy atom. The van der Waals surface area contributed by atoms with Crippen LogP contribution in [-0.4, -0.2) is 85.2 Å². The first-order chi connectivity index (χ1) is 12.2. The molecule has 1 amide bonds. The maximum Gasteiger partial charge on any atom is 0.225 e. The Hall–Kier alpha value is -1.73. The normalized spacial score (nSPS) is 30.4. The summed E-state index contributed by atoms with van der Waals surface area (Å²) in [6.07, 6.45) is 4.18. The number of hydrogen-bond donors (Lipinski definition) is 0. The van der Waals surface area contributed by atoms with Crippen LogP contribution < -0.4 is 4.90 Å². The van der Waals surface area contributed by atoms with Crippen LogP contribution in [-0.2, 0) is 9.53 Å². The monoisotopic (exact) mass is 345 g/mol. The van der Waals surface area contributed by atoms with Gasteiger partial charge in [-0.2, -0.15) is 0 Å². The topological polar surface area (TPSA) is 61.8 Å². The molecule has 3 fully saturated rings. The molecule has 1 aromatic heterocycles. The third-order valence-corrected chi connectivity index (χ3v) is 5.89. The van der Waals surface area contributed by atoms with E-state index in [0.29, 0.717) is 30.8 Å². The number of anilines is 1. The molecule has 0 aromatic carbocycles. The molecule has 3 atom stereocenters. The predicted molar refractivity (Wildman–Crippen MR) is 94.2 cm³/mol. The van der Waals surface area contributed by atoms with E-state index in [0.717, 1.165) is 51.8 Å². The number of likely N-dealkylation sites (N-methyl/N-ethyl adjacent to an activating group) is 1. The van der Waals surface area contributed by atoms with Gasteiger partial charge < -0.3 is 19.4 Å². The number of hydrogen-bond acceptors (Lipinski definition) is 6. The van der Waals surface area contributed by atoms with Gasteiger partial charge in [0.25, 0.3) is 0 Å². The van der Waals surface area contributed by atoms with Gasteiger partial charge in [0.15, 0.2) is 0 Å². The fourth-order valence-electron chi connectivity index (χ4n) is 4.34. The van der Waals surface area contributed by atoms with Crippen LogP contribution in [0.3, 0.4) is 0 Å². The van der Waals surface area contributed by atoms with Gasteiger partial charge in [-0.1, -0.05) is 0 Å². The van der Waals surface area contributed by atoms with Crippen molar-refractivity contribution in [3.8, 4) is 0 Å². The smallest absolute Gasteiger partial charge is 0.225 e. The van der Waals surface area contributed by atoms with Crippen molar-refractivity contribution in [2.24, 2.45) is 17.8 Å². The first kappa shape index (κ1) is 16.7. The average molecular weight is 345 g/mol. The van der Waals surface area contributed by atoms with Crippen molar-refractivity contribution in [2.45, 2.75) is 6.42 Å². The van der Waals surface area contributed by atoms with E-state index in [9.17, 15) is 4.79 Å². The molecule has 3 aliphatic heterocycles. The van der Waals surface area contributed by atoms with E-state index >= 15 is 0 Å². The minimum Gasteiger partial charge on any atom is -0.381 e. The van der Waals surface area contributed by atoms with Crippen molar-refractivity contribution in [3.05, 3.63) is 18.5 Å². The van der Waals surface area contributed by atoms with Crippen molar-refractivity contribution in [1.29, 1.82) is 0 Å². The van der Waals surface area contributed by atoms with E-state index in [-0.39, 0.29) is 5.91 Å². The molecule has 1 aromatic rings. The van der Waals surface area contributed by atoms with E-state index in [1.54, 1.807) is 12.4 Å². The zero-order valence-electron chi connectivity index (χ0n) is 14.9. The maximum absolute atomic E-state index is 12.7. The number of aromatic nitrogens is 2. The number of piperazine rings is 1. The van der Waals surface area contributed by atoms with E-state index in [2.05, 4.69) is 26.8 Å². The van der Waals surface area contributed by atoms with Crippen molar-refractivity contribution < 1.29 is 9.53 Å². The van der Waals surface area contributed by atoms with Gasteiger partial charge in [0, 0.05) is 64.0 Å². The molecule has 7 heteroatoms. The quantitative estimate of drug-likeness (QED) is 0.787. The lowest BCUT2D eigenvalue weighted by atomic mass is 9.81. The van der Waals surface area contributed by atoms with Crippen molar-refractivity contribution >= 4 is 11.9 Å². The highest BCUT2D eigenvalue weighted by Crippen LogP contribution is 2.37. The molecule has 4 rings (SSSR count). The summed E-state index contributed by atoms with van der Waals surface area (Å²) in [5.74, 6) is 2.36. The average Bonchev–Trinajstić information content (AvgIpc) is 3.08. The van der Waals surface area contributed by atoms with Crippen LogP contribution in [0.5, 0.6) is 0 Å². The summed E-state index contributed by atoms with van der Waals surface area (Å²) in [4.78, 5) is 28.0. The van der Waals surface area contributed by atoms with Crippen LogP contribution in [0, 0.1) is 17.8 Å². The highest BCUT2D eigenvalue weighted by molar-refractivity contribution is 5.76. The summed E-state index contributed by atoms with van der Waals surface area (Å²) in [7, 11) is 2.11. The molecule has 3 aliphatic rings. The summed E-state index contributed by atoms with van der Waals surface area (Å²) in [6.45, 7) is 6.97. The molecule has 7 nitrogen and oxygen atoms in total. The third kappa shape index (κ3) is 3.62. The molecular weight excluding hydrogens is 318 g/mol. The fraction of sp³-hybridized carbons (Fsp3) is 0.722. The Labute approximate surface area is 149 Å². The number of rotatable bonds is 3. The Balaban J connectivity index is 1.38. The summed E-state index contributed by atoms with van der Waals surface area (Å²) >= 11 is 0. The predicted octanol–water partition coefficient (Wildman–Crippen LogP) is 0.340. The van der Waals surface area contributed by atoms with Gasteiger partial charge in [-0.25, -0.2) is 9.97 Å². The largest absolute Gasteiger partial charge is 0.381 e. The van der Waals surface area contributed by atoms with E-state index < -0.39 is 0 Å². The number of carbonyl (C=O) groups is 1. The molecule has 4 heterocycles. The molecule has 0 spiro atoms. The Kier molecular flexibility index (Phi) is 4.85. The lowest BCUT2D eigenvalue weighted by molar-refractivity contribution is -0.136. The first-order valence-corrected chi connectivity index (χ1v) is 9.27. The van der Waals surface area contributed by atoms with Crippen molar-refractivity contribution in [3.63, 3.8) is 0 Å². The second-order valence-electron chi connectivity index (χ2n) is 7.56. The second-order valence-corrected chi connectivity index (χ2v) is 7.56. The van der Waals surface area contributed by atoms with Crippen molar-refractivity contribution in [2.75, 3.05) is 64.4 Å². The summed E-state index contributed by atoms with van der Waals surface area (Å²) in [5.41, 5.74) is 0. The van der Waals surface area contributed by atoms with Crippen LogP contribution in [0.15, 0.2) is 18.5 Å². The van der Waals surface area contributed by atoms with E-state index in [1.165, 1.54) is 0 Å². The zero-order valence-corrected chi connectivity index (χ0v) is 14.9. The number of amides is 1. The Morgan fingerprint density at radius 2 is 1.92 bits per heavy atom. The van der Waals surface area contributed by atoms with Crippen LogP contribution in [0.1, 0.15) is 6.42 Å². The summed E-state index contributed by atoms with van der Waals surface area (Å²) < 4.78 is 5.84. The molecule has 0 radical (unpaired) electrons. The molecule has 0 bridgehead atoms. The lowest BCUT2D eigenvalue weighted by Crippen LogP contribution is -2.48. The van der Waals surface area contributed by atoms with Crippen LogP contribution >= 0.6 is 0 Å². The van der Waals surface area contributed by atoms with E-state index in [4.69, 9.17) is 4.74 Å². The van der Waals surface area contributed by atoms with Gasteiger partial charge in [-0.05, 0) is 24.9 Å². The van der Waals surface area contributed by atoms with Crippen molar-refractivity contribution in [1.82, 2.24) is 19.8 Å². The molecular formula is C18H27N5O2. The molecule has 0 unspecified atom stereocenters. The standard InChI is InChI=1S/C18H27N5O2/c1-21-5-7-22(8-6-21)17(24)9-14-12-25-13-15-10-23(11-16(14)15)18-19-3-2-4-20-18/h2-4,14-16H,5-13H2,1H3/t14-,15-,16+/m1/s1. The molecule has 136 valence electrons. The number of carbonyl (C=O) groups excluding carboxylic acids is 1. The molecule has 0 aliphatic carbocycles. The SMILES string of the molecule is CN1CCN(C(=O)C[C@@H]2COC[C@H]3CN(c4ncccn4)C[C@@H]23)CC1. The van der Waals surface area contributed by atoms with Gasteiger partial charge >= 0.3 is 0 Å². The van der Waals surface area contributed by atoms with Gasteiger partial charge in [-0.15, -0.1) is 0 Å². The second kappa shape index (κ2) is 7.25. The Bertz CT molecular complexity index is 590. The minimum absolute atomic E-state index is 0.289. The molecule has 3 saturated heterocycles. The first-order valence-electron chi connectivity index (χ1n) is 9.27. The van der Waals surface area contributed by atoms with Crippen LogP contribution in [0.25, 0.3) is 0 Å². The third-order valence-electron chi connectivity index (χ3n) is 5.89. The number of ether oxygens (including phenoxy) is 1. The lowest BCUT2D eigenvalue weighted by Gasteiger charge is -2.36. The van der Waals surface area contributed by atoms with E-state index in [1.807, 2.05) is 11.0 Å². The maximum atomic E-state index is 12.7. The number of fused-ring (bicyclic) bond motifs is 1. The molecule has 0 saturated carbocycles. The van der Waals surface area contributed by atoms with Gasteiger partial charge in [-0.3, -0.25) is 4.79 Å².